The van der Waals surface area contributed by atoms with Crippen molar-refractivity contribution in [3.63, 3.8) is 0 Å². The van der Waals surface area contributed by atoms with Gasteiger partial charge in [0.25, 0.3) is 0 Å². The molecule has 2 heteroatoms. The molecule has 0 aromatic carbocycles. The fourth-order valence-electron chi connectivity index (χ4n) is 1.03. The van der Waals surface area contributed by atoms with Gasteiger partial charge in [-0.3, -0.25) is 4.79 Å². The summed E-state index contributed by atoms with van der Waals surface area (Å²) in [4.78, 5) is 9.86. The average Bonchev–Trinajstić information content (AvgIpc) is 2.14. The van der Waals surface area contributed by atoms with Gasteiger partial charge < -0.3 is 0 Å². The maximum atomic E-state index is 12.2. The van der Waals surface area contributed by atoms with Crippen molar-refractivity contribution in [2.75, 3.05) is 0 Å². The third kappa shape index (κ3) is 1.05. The second kappa shape index (κ2) is 2.25. The van der Waals surface area contributed by atoms with E-state index in [0.717, 1.165) is 0 Å². The first-order chi connectivity index (χ1) is 3.83. The van der Waals surface area contributed by atoms with E-state index in [1.54, 1.807) is 6.29 Å². The summed E-state index contributed by atoms with van der Waals surface area (Å²) in [5.74, 6) is -0.106. The van der Waals surface area contributed by atoms with E-state index >= 15 is 0 Å². The third-order valence-electron chi connectivity index (χ3n) is 1.54. The number of rotatable bonds is 1. The first-order valence-electron chi connectivity index (χ1n) is 2.84. The largest absolute Gasteiger partial charge is 0.291 e. The monoisotopic (exact) mass is 115 g/mol. The van der Waals surface area contributed by atoms with Crippen molar-refractivity contribution in [3.8, 4) is 0 Å². The molecule has 1 saturated carbocycles. The predicted molar refractivity (Wildman–Crippen MR) is 27.9 cm³/mol. The highest BCUT2D eigenvalue weighted by Crippen LogP contribution is 2.25. The lowest BCUT2D eigenvalue weighted by Crippen LogP contribution is -1.95. The van der Waals surface area contributed by atoms with Crippen molar-refractivity contribution in [2.24, 2.45) is 5.92 Å². The number of alkyl halides is 1. The second-order valence-electron chi connectivity index (χ2n) is 2.23. The van der Waals surface area contributed by atoms with E-state index in [0.29, 0.717) is 19.3 Å². The minimum absolute atomic E-state index is 0.106. The molecule has 1 aliphatic carbocycles. The van der Waals surface area contributed by atoms with Gasteiger partial charge in [0, 0.05) is 5.92 Å². The van der Waals surface area contributed by atoms with E-state index < -0.39 is 6.17 Å². The lowest BCUT2D eigenvalue weighted by molar-refractivity contribution is 0.338. The summed E-state index contributed by atoms with van der Waals surface area (Å²) < 4.78 is 12.2. The summed E-state index contributed by atoms with van der Waals surface area (Å²) in [5, 5.41) is 0. The Morgan fingerprint density at radius 3 is 2.50 bits per heavy atom. The lowest BCUT2D eigenvalue weighted by atomic mass is 10.1. The van der Waals surface area contributed by atoms with Crippen LogP contribution in [0.4, 0.5) is 4.39 Å². The van der Waals surface area contributed by atoms with Crippen LogP contribution in [0.3, 0.4) is 0 Å². The minimum Gasteiger partial charge on any atom is -0.291 e. The molecular formula is C6H8FO. The third-order valence-corrected chi connectivity index (χ3v) is 1.54. The normalized spacial score (nSPS) is 37.6. The summed E-state index contributed by atoms with van der Waals surface area (Å²) >= 11 is 0. The van der Waals surface area contributed by atoms with Crippen LogP contribution >= 0.6 is 0 Å². The van der Waals surface area contributed by atoms with Crippen LogP contribution in [0.5, 0.6) is 0 Å². The van der Waals surface area contributed by atoms with Crippen molar-refractivity contribution in [3.05, 3.63) is 0 Å². The van der Waals surface area contributed by atoms with E-state index in [4.69, 9.17) is 0 Å². The Kier molecular flexibility index (Phi) is 1.61. The van der Waals surface area contributed by atoms with Crippen LogP contribution in [-0.2, 0) is 4.79 Å². The summed E-state index contributed by atoms with van der Waals surface area (Å²) in [6.07, 6.45) is 2.73. The van der Waals surface area contributed by atoms with E-state index in [1.807, 2.05) is 0 Å². The average molecular weight is 115 g/mol. The zero-order chi connectivity index (χ0) is 5.98. The Bertz CT molecular complexity index is 92.5. The first kappa shape index (κ1) is 5.73. The molecule has 0 aromatic rings. The van der Waals surface area contributed by atoms with Gasteiger partial charge in [0.05, 0.1) is 0 Å². The Morgan fingerprint density at radius 2 is 2.25 bits per heavy atom. The lowest BCUT2D eigenvalue weighted by Gasteiger charge is -1.91. The molecule has 0 N–H and O–H groups in total. The fraction of sp³-hybridized carbons (Fsp3) is 0.833. The van der Waals surface area contributed by atoms with Gasteiger partial charge >= 0.3 is 0 Å². The molecule has 0 aliphatic heterocycles. The summed E-state index contributed by atoms with van der Waals surface area (Å²) in [6.45, 7) is 0. The van der Waals surface area contributed by atoms with Gasteiger partial charge in [-0.05, 0) is 19.3 Å². The van der Waals surface area contributed by atoms with Crippen molar-refractivity contribution in [1.82, 2.24) is 0 Å². The molecule has 0 saturated heterocycles. The molecule has 1 fully saturated rings. The van der Waals surface area contributed by atoms with Crippen LogP contribution in [0.15, 0.2) is 0 Å². The summed E-state index contributed by atoms with van der Waals surface area (Å²) in [6, 6.07) is 0. The van der Waals surface area contributed by atoms with E-state index in [-0.39, 0.29) is 5.92 Å². The smallest absolute Gasteiger partial charge is 0.201 e. The molecular weight excluding hydrogens is 107 g/mol. The fourth-order valence-corrected chi connectivity index (χ4v) is 1.03. The number of halogens is 1. The highest BCUT2D eigenvalue weighted by molar-refractivity contribution is 5.55. The zero-order valence-corrected chi connectivity index (χ0v) is 4.56. The molecule has 1 aliphatic rings. The highest BCUT2D eigenvalue weighted by atomic mass is 19.1. The van der Waals surface area contributed by atoms with E-state index in [2.05, 4.69) is 0 Å². The SMILES string of the molecule is O=[C]C1CCC(F)C1. The van der Waals surface area contributed by atoms with Gasteiger partial charge in [-0.1, -0.05) is 0 Å². The van der Waals surface area contributed by atoms with Crippen molar-refractivity contribution < 1.29 is 9.18 Å². The molecule has 2 unspecified atom stereocenters. The highest BCUT2D eigenvalue weighted by Gasteiger charge is 2.23. The maximum absolute atomic E-state index is 12.2. The van der Waals surface area contributed by atoms with Crippen LogP contribution in [0.25, 0.3) is 0 Å². The van der Waals surface area contributed by atoms with Gasteiger partial charge in [-0.2, -0.15) is 0 Å². The van der Waals surface area contributed by atoms with Crippen LogP contribution in [0.1, 0.15) is 19.3 Å². The van der Waals surface area contributed by atoms with Gasteiger partial charge in [0.15, 0.2) is 0 Å². The quantitative estimate of drug-likeness (QED) is 0.502. The Hall–Kier alpha value is -0.400. The molecule has 45 valence electrons. The minimum atomic E-state index is -0.735. The molecule has 1 rings (SSSR count). The van der Waals surface area contributed by atoms with Crippen LogP contribution in [-0.4, -0.2) is 12.5 Å². The standard InChI is InChI=1S/C6H8FO/c7-6-2-1-5(3-6)4-8/h5-6H,1-3H2. The molecule has 0 amide bonds. The summed E-state index contributed by atoms with van der Waals surface area (Å²) in [7, 11) is 0. The molecule has 1 radical (unpaired) electrons. The van der Waals surface area contributed by atoms with Crippen LogP contribution in [0.2, 0.25) is 0 Å². The first-order valence-corrected chi connectivity index (χ1v) is 2.84. The number of hydrogen-bond donors (Lipinski definition) is 0. The Morgan fingerprint density at radius 1 is 1.50 bits per heavy atom. The van der Waals surface area contributed by atoms with Crippen molar-refractivity contribution in [2.45, 2.75) is 25.4 Å². The van der Waals surface area contributed by atoms with Gasteiger partial charge in [0.1, 0.15) is 6.17 Å². The molecule has 0 aromatic heterocycles. The number of carbonyl (C=O) groups excluding carboxylic acids is 1. The molecule has 2 atom stereocenters. The van der Waals surface area contributed by atoms with E-state index in [9.17, 15) is 9.18 Å². The molecule has 1 nitrogen and oxygen atoms in total. The van der Waals surface area contributed by atoms with Gasteiger partial charge in [-0.25, -0.2) is 4.39 Å². The predicted octanol–water partition coefficient (Wildman–Crippen LogP) is 1.23. The van der Waals surface area contributed by atoms with Crippen molar-refractivity contribution in [1.29, 1.82) is 0 Å². The Labute approximate surface area is 47.9 Å². The molecule has 0 spiro atoms. The van der Waals surface area contributed by atoms with Crippen LogP contribution in [0, 0.1) is 5.92 Å². The Balaban J connectivity index is 2.32. The molecule has 0 heterocycles. The van der Waals surface area contributed by atoms with Crippen molar-refractivity contribution >= 4 is 6.29 Å². The zero-order valence-electron chi connectivity index (χ0n) is 4.56. The molecule has 8 heavy (non-hydrogen) atoms. The van der Waals surface area contributed by atoms with Gasteiger partial charge in [-0.15, -0.1) is 0 Å². The number of hydrogen-bond acceptors (Lipinski definition) is 1. The molecule has 0 bridgehead atoms. The topological polar surface area (TPSA) is 17.1 Å². The summed E-state index contributed by atoms with van der Waals surface area (Å²) in [5.41, 5.74) is 0. The maximum Gasteiger partial charge on any atom is 0.201 e. The van der Waals surface area contributed by atoms with E-state index in [1.165, 1.54) is 0 Å². The second-order valence-corrected chi connectivity index (χ2v) is 2.23. The van der Waals surface area contributed by atoms with Gasteiger partial charge in [0.2, 0.25) is 6.29 Å². The van der Waals surface area contributed by atoms with Crippen LogP contribution < -0.4 is 0 Å².